The van der Waals surface area contributed by atoms with Gasteiger partial charge in [0.1, 0.15) is 11.8 Å². The first-order valence-corrected chi connectivity index (χ1v) is 7.46. The van der Waals surface area contributed by atoms with Gasteiger partial charge in [-0.15, -0.1) is 0 Å². The Bertz CT molecular complexity index is 536. The molecule has 0 bridgehead atoms. The second-order valence-corrected chi connectivity index (χ2v) is 5.54. The zero-order valence-electron chi connectivity index (χ0n) is 12.2. The molecular formula is C16H20N2O3. The molecule has 1 aromatic rings. The van der Waals surface area contributed by atoms with Gasteiger partial charge in [0.05, 0.1) is 7.11 Å². The lowest BCUT2D eigenvalue weighted by molar-refractivity contribution is -0.128. The van der Waals surface area contributed by atoms with Crippen molar-refractivity contribution in [3.05, 3.63) is 29.8 Å². The maximum absolute atomic E-state index is 12.2. The van der Waals surface area contributed by atoms with Crippen molar-refractivity contribution in [1.29, 1.82) is 0 Å². The third-order valence-electron chi connectivity index (χ3n) is 4.30. The number of ether oxygens (including phenoxy) is 1. The van der Waals surface area contributed by atoms with Gasteiger partial charge in [0.2, 0.25) is 0 Å². The summed E-state index contributed by atoms with van der Waals surface area (Å²) >= 11 is 0. The summed E-state index contributed by atoms with van der Waals surface area (Å²) in [7, 11) is 1.65. The number of imide groups is 1. The molecule has 0 aromatic heterocycles. The van der Waals surface area contributed by atoms with Crippen LogP contribution in [0, 0.1) is 0 Å². The van der Waals surface area contributed by atoms with Gasteiger partial charge in [-0.2, -0.15) is 0 Å². The summed E-state index contributed by atoms with van der Waals surface area (Å²) in [5.41, 5.74) is 1.11. The zero-order valence-corrected chi connectivity index (χ0v) is 12.2. The third-order valence-corrected chi connectivity index (χ3v) is 4.30. The lowest BCUT2D eigenvalue weighted by atomic mass is 10.1. The van der Waals surface area contributed by atoms with Crippen molar-refractivity contribution in [2.24, 2.45) is 0 Å². The Labute approximate surface area is 124 Å². The Morgan fingerprint density at radius 2 is 2.10 bits per heavy atom. The number of rotatable bonds is 5. The molecule has 3 rings (SSSR count). The van der Waals surface area contributed by atoms with Crippen LogP contribution in [0.4, 0.5) is 4.79 Å². The topological polar surface area (TPSA) is 49.9 Å². The normalized spacial score (nSPS) is 21.1. The van der Waals surface area contributed by atoms with Crippen LogP contribution in [-0.4, -0.2) is 48.0 Å². The molecule has 1 aromatic carbocycles. The average molecular weight is 288 g/mol. The number of para-hydroxylation sites is 1. The van der Waals surface area contributed by atoms with Crippen molar-refractivity contribution in [1.82, 2.24) is 9.80 Å². The zero-order chi connectivity index (χ0) is 14.8. The van der Waals surface area contributed by atoms with Crippen molar-refractivity contribution in [3.8, 4) is 5.75 Å². The van der Waals surface area contributed by atoms with Crippen LogP contribution in [0.5, 0.6) is 5.75 Å². The Kier molecular flexibility index (Phi) is 3.82. The van der Waals surface area contributed by atoms with Crippen molar-refractivity contribution in [2.75, 3.05) is 20.2 Å². The molecule has 1 atom stereocenters. The molecule has 0 radical (unpaired) electrons. The van der Waals surface area contributed by atoms with E-state index < -0.39 is 0 Å². The van der Waals surface area contributed by atoms with E-state index in [9.17, 15) is 9.59 Å². The average Bonchev–Trinajstić information content (AvgIpc) is 3.07. The fraction of sp³-hybridized carbons (Fsp3) is 0.500. The Hall–Kier alpha value is -2.04. The number of methoxy groups -OCH3 is 1. The molecule has 2 fully saturated rings. The van der Waals surface area contributed by atoms with Crippen LogP contribution in [0.3, 0.4) is 0 Å². The van der Waals surface area contributed by atoms with E-state index in [1.54, 1.807) is 12.0 Å². The van der Waals surface area contributed by atoms with Crippen LogP contribution in [0.2, 0.25) is 0 Å². The van der Waals surface area contributed by atoms with Crippen LogP contribution in [-0.2, 0) is 11.2 Å². The summed E-state index contributed by atoms with van der Waals surface area (Å²) in [5.74, 6) is 0.842. The lowest BCUT2D eigenvalue weighted by Crippen LogP contribution is -2.34. The van der Waals surface area contributed by atoms with Crippen LogP contribution in [0.1, 0.15) is 24.8 Å². The standard InChI is InChI=1S/C16H20N2O3/c1-21-14-9-3-2-6-12(14)7-4-11-18-15(19)13-8-5-10-17(13)16(18)20/h2-3,6,9,13H,4-5,7-8,10-11H2,1H3/t13-/m1/s1. The number of hydrogen-bond donors (Lipinski definition) is 0. The van der Waals surface area contributed by atoms with Gasteiger partial charge in [0, 0.05) is 13.1 Å². The lowest BCUT2D eigenvalue weighted by Gasteiger charge is -2.15. The van der Waals surface area contributed by atoms with Gasteiger partial charge in [0.15, 0.2) is 0 Å². The second kappa shape index (κ2) is 5.76. The van der Waals surface area contributed by atoms with Gasteiger partial charge in [-0.05, 0) is 37.3 Å². The number of carbonyl (C=O) groups excluding carboxylic acids is 2. The molecule has 5 heteroatoms. The van der Waals surface area contributed by atoms with E-state index in [-0.39, 0.29) is 18.0 Å². The van der Waals surface area contributed by atoms with Crippen LogP contribution in [0.15, 0.2) is 24.3 Å². The molecule has 0 saturated carbocycles. The van der Waals surface area contributed by atoms with Crippen molar-refractivity contribution < 1.29 is 14.3 Å². The highest BCUT2D eigenvalue weighted by atomic mass is 16.5. The molecule has 21 heavy (non-hydrogen) atoms. The number of aryl methyl sites for hydroxylation is 1. The highest BCUT2D eigenvalue weighted by molar-refractivity contribution is 6.04. The highest BCUT2D eigenvalue weighted by Crippen LogP contribution is 2.27. The van der Waals surface area contributed by atoms with Gasteiger partial charge in [-0.3, -0.25) is 9.69 Å². The summed E-state index contributed by atoms with van der Waals surface area (Å²) in [6.07, 6.45) is 3.31. The first-order valence-electron chi connectivity index (χ1n) is 7.46. The SMILES string of the molecule is COc1ccccc1CCCN1C(=O)[C@H]2CCCN2C1=O. The van der Waals surface area contributed by atoms with Crippen LogP contribution < -0.4 is 4.74 Å². The second-order valence-electron chi connectivity index (χ2n) is 5.54. The summed E-state index contributed by atoms with van der Waals surface area (Å²) in [4.78, 5) is 27.5. The number of hydrogen-bond acceptors (Lipinski definition) is 3. The minimum Gasteiger partial charge on any atom is -0.496 e. The van der Waals surface area contributed by atoms with E-state index in [1.165, 1.54) is 4.90 Å². The minimum atomic E-state index is -0.191. The van der Waals surface area contributed by atoms with E-state index >= 15 is 0 Å². The number of benzene rings is 1. The predicted octanol–water partition coefficient (Wildman–Crippen LogP) is 2.05. The first-order chi connectivity index (χ1) is 10.2. The molecule has 2 aliphatic rings. The maximum Gasteiger partial charge on any atom is 0.327 e. The highest BCUT2D eigenvalue weighted by Gasteiger charge is 2.46. The molecule has 2 saturated heterocycles. The van der Waals surface area contributed by atoms with Gasteiger partial charge in [-0.1, -0.05) is 18.2 Å². The van der Waals surface area contributed by atoms with Gasteiger partial charge < -0.3 is 9.64 Å². The quantitative estimate of drug-likeness (QED) is 0.779. The molecule has 0 aliphatic carbocycles. The molecule has 3 amide bonds. The van der Waals surface area contributed by atoms with E-state index in [4.69, 9.17) is 4.74 Å². The number of amides is 3. The maximum atomic E-state index is 12.2. The van der Waals surface area contributed by atoms with Gasteiger partial charge >= 0.3 is 6.03 Å². The van der Waals surface area contributed by atoms with Gasteiger partial charge in [0.25, 0.3) is 5.91 Å². The molecule has 5 nitrogen and oxygen atoms in total. The van der Waals surface area contributed by atoms with Gasteiger partial charge in [-0.25, -0.2) is 4.79 Å². The van der Waals surface area contributed by atoms with Crippen molar-refractivity contribution in [3.63, 3.8) is 0 Å². The van der Waals surface area contributed by atoms with E-state index in [2.05, 4.69) is 0 Å². The Balaban J connectivity index is 1.58. The molecule has 0 unspecified atom stereocenters. The molecule has 2 aliphatic heterocycles. The third kappa shape index (κ3) is 2.48. The molecule has 0 spiro atoms. The van der Waals surface area contributed by atoms with E-state index in [0.717, 1.165) is 43.5 Å². The number of fused-ring (bicyclic) bond motifs is 1. The molecular weight excluding hydrogens is 268 g/mol. The van der Waals surface area contributed by atoms with Crippen LogP contribution in [0.25, 0.3) is 0 Å². The number of nitrogens with zero attached hydrogens (tertiary/aromatic N) is 2. The summed E-state index contributed by atoms with van der Waals surface area (Å²) in [6, 6.07) is 7.55. The van der Waals surface area contributed by atoms with Crippen LogP contribution >= 0.6 is 0 Å². The summed E-state index contributed by atoms with van der Waals surface area (Å²) in [5, 5.41) is 0. The fourth-order valence-corrected chi connectivity index (χ4v) is 3.22. The summed E-state index contributed by atoms with van der Waals surface area (Å²) < 4.78 is 5.32. The van der Waals surface area contributed by atoms with E-state index in [0.29, 0.717) is 6.54 Å². The predicted molar refractivity (Wildman–Crippen MR) is 78.2 cm³/mol. The van der Waals surface area contributed by atoms with Crippen molar-refractivity contribution in [2.45, 2.75) is 31.7 Å². The number of carbonyl (C=O) groups is 2. The van der Waals surface area contributed by atoms with E-state index in [1.807, 2.05) is 24.3 Å². The fourth-order valence-electron chi connectivity index (χ4n) is 3.22. The summed E-state index contributed by atoms with van der Waals surface area (Å²) in [6.45, 7) is 1.21. The van der Waals surface area contributed by atoms with Crippen molar-refractivity contribution >= 4 is 11.9 Å². The first kappa shape index (κ1) is 13.9. The largest absolute Gasteiger partial charge is 0.496 e. The molecule has 2 heterocycles. The Morgan fingerprint density at radius 3 is 2.86 bits per heavy atom. The monoisotopic (exact) mass is 288 g/mol. The number of urea groups is 1. The Morgan fingerprint density at radius 1 is 1.29 bits per heavy atom. The molecule has 112 valence electrons. The smallest absolute Gasteiger partial charge is 0.327 e. The molecule has 0 N–H and O–H groups in total. The minimum absolute atomic E-state index is 0.0162.